The second kappa shape index (κ2) is 12.9. The minimum Gasteiger partial charge on any atom is -0.496 e. The van der Waals surface area contributed by atoms with Gasteiger partial charge in [0, 0.05) is 22.8 Å². The lowest BCUT2D eigenvalue weighted by atomic mass is 9.92. The van der Waals surface area contributed by atoms with Crippen molar-refractivity contribution in [3.8, 4) is 56.8 Å². The maximum atomic E-state index is 12.6. The average Bonchev–Trinajstić information content (AvgIpc) is 2.98. The van der Waals surface area contributed by atoms with E-state index >= 15 is 0 Å². The van der Waals surface area contributed by atoms with Crippen molar-refractivity contribution >= 4 is 16.4 Å². The number of benzene rings is 4. The lowest BCUT2D eigenvalue weighted by Crippen LogP contribution is -2.05. The number of ether oxygens (including phenoxy) is 5. The zero-order valence-corrected chi connectivity index (χ0v) is 25.0. The van der Waals surface area contributed by atoms with Gasteiger partial charge in [-0.3, -0.25) is 4.79 Å². The molecule has 0 aliphatic carbocycles. The third-order valence-electron chi connectivity index (χ3n) is 6.51. The van der Waals surface area contributed by atoms with Crippen LogP contribution in [0.5, 0.6) is 34.5 Å². The molecule has 0 saturated heterocycles. The van der Waals surface area contributed by atoms with Gasteiger partial charge in [0.15, 0.2) is 17.8 Å². The Bertz CT molecular complexity index is 1680. The van der Waals surface area contributed by atoms with Crippen molar-refractivity contribution in [3.63, 3.8) is 0 Å². The van der Waals surface area contributed by atoms with Gasteiger partial charge in [0.1, 0.15) is 29.6 Å². The fraction of sp³-hybridized carbons (Fsp3) is 0.219. The molecule has 0 heterocycles. The Labute approximate surface area is 245 Å². The summed E-state index contributed by atoms with van der Waals surface area (Å²) in [6.45, 7) is 2.34. The number of hydrogen-bond donors (Lipinski definition) is 0. The van der Waals surface area contributed by atoms with Crippen LogP contribution in [0.25, 0.3) is 22.3 Å². The predicted molar refractivity (Wildman–Crippen MR) is 160 cm³/mol. The molecule has 0 unspecified atom stereocenters. The summed E-state index contributed by atoms with van der Waals surface area (Å²) in [7, 11) is 2.33. The highest BCUT2D eigenvalue weighted by Gasteiger charge is 2.25. The fourth-order valence-corrected chi connectivity index (χ4v) is 4.99. The van der Waals surface area contributed by atoms with Gasteiger partial charge in [-0.2, -0.15) is 8.42 Å². The molecule has 10 heteroatoms. The Kier molecular flexibility index (Phi) is 9.27. The van der Waals surface area contributed by atoms with Crippen LogP contribution in [0.3, 0.4) is 0 Å². The molecule has 0 aliphatic rings. The van der Waals surface area contributed by atoms with Gasteiger partial charge < -0.3 is 27.9 Å². The summed E-state index contributed by atoms with van der Waals surface area (Å²) < 4.78 is 56.9. The molecule has 4 aromatic rings. The Morgan fingerprint density at radius 3 is 1.88 bits per heavy atom. The Morgan fingerprint density at radius 1 is 0.714 bits per heavy atom. The first-order valence-corrected chi connectivity index (χ1v) is 14.6. The predicted octanol–water partition coefficient (Wildman–Crippen LogP) is 6.09. The first-order chi connectivity index (χ1) is 20.1. The normalized spacial score (nSPS) is 11.0. The van der Waals surface area contributed by atoms with Crippen molar-refractivity contribution in [3.05, 3.63) is 83.4 Å². The minimum absolute atomic E-state index is 0.154. The zero-order chi connectivity index (χ0) is 30.4. The van der Waals surface area contributed by atoms with Crippen molar-refractivity contribution in [1.82, 2.24) is 0 Å². The first-order valence-electron chi connectivity index (χ1n) is 12.8. The summed E-state index contributed by atoms with van der Waals surface area (Å²) in [6.07, 6.45) is 1.66. The molecule has 42 heavy (non-hydrogen) atoms. The molecule has 0 aliphatic heterocycles. The van der Waals surface area contributed by atoms with Crippen LogP contribution in [0.4, 0.5) is 0 Å². The monoisotopic (exact) mass is 592 g/mol. The number of aryl methyl sites for hydroxylation is 1. The number of carbonyl (C=O) groups is 1. The molecule has 0 atom stereocenters. The van der Waals surface area contributed by atoms with Crippen molar-refractivity contribution in [1.29, 1.82) is 0 Å². The largest absolute Gasteiger partial charge is 0.496 e. The highest BCUT2D eigenvalue weighted by Crippen LogP contribution is 2.49. The van der Waals surface area contributed by atoms with Crippen molar-refractivity contribution in [2.45, 2.75) is 13.5 Å². The summed E-state index contributed by atoms with van der Waals surface area (Å²) >= 11 is 0. The van der Waals surface area contributed by atoms with Crippen LogP contribution in [-0.4, -0.2) is 49.4 Å². The summed E-state index contributed by atoms with van der Waals surface area (Å²) in [4.78, 5) is 12.6. The maximum absolute atomic E-state index is 12.6. The average molecular weight is 593 g/mol. The van der Waals surface area contributed by atoms with Crippen LogP contribution < -0.4 is 27.9 Å². The molecule has 0 radical (unpaired) electrons. The smallest absolute Gasteiger partial charge is 0.306 e. The maximum Gasteiger partial charge on any atom is 0.306 e. The van der Waals surface area contributed by atoms with Gasteiger partial charge in [0.25, 0.3) is 0 Å². The van der Waals surface area contributed by atoms with E-state index in [-0.39, 0.29) is 11.3 Å². The van der Waals surface area contributed by atoms with E-state index in [0.29, 0.717) is 63.9 Å². The van der Waals surface area contributed by atoms with E-state index in [0.717, 1.165) is 17.4 Å². The molecular weight excluding hydrogens is 560 g/mol. The van der Waals surface area contributed by atoms with Gasteiger partial charge >= 0.3 is 10.1 Å². The van der Waals surface area contributed by atoms with Crippen molar-refractivity contribution in [2.75, 3.05) is 34.7 Å². The van der Waals surface area contributed by atoms with Gasteiger partial charge in [-0.25, -0.2) is 0 Å². The standard InChI is InChI=1S/C32H32O9S/c1-20-7-9-21(10-8-20)19-40-29-17-27(36-2)25(16-28(29)37-3)31-26(18-33)32(39-5)24(15-30(31)38-4)22-11-13-23(14-12-22)41-42(6,34)35/h7-18H,19H2,1-6H3. The van der Waals surface area contributed by atoms with E-state index in [1.165, 1.54) is 40.6 Å². The third-order valence-corrected chi connectivity index (χ3v) is 7.00. The third kappa shape index (κ3) is 6.60. The Morgan fingerprint density at radius 2 is 1.33 bits per heavy atom. The van der Waals surface area contributed by atoms with E-state index in [9.17, 15) is 13.2 Å². The summed E-state index contributed by atoms with van der Waals surface area (Å²) in [5.41, 5.74) is 4.52. The van der Waals surface area contributed by atoms with Gasteiger partial charge in [0.2, 0.25) is 0 Å². The lowest BCUT2D eigenvalue weighted by molar-refractivity contribution is 0.112. The molecule has 0 amide bonds. The second-order valence-corrected chi connectivity index (χ2v) is 10.9. The molecule has 0 saturated carbocycles. The molecule has 4 aromatic carbocycles. The quantitative estimate of drug-likeness (QED) is 0.143. The molecule has 9 nitrogen and oxygen atoms in total. The molecule has 220 valence electrons. The topological polar surface area (TPSA) is 107 Å². The highest BCUT2D eigenvalue weighted by molar-refractivity contribution is 7.86. The van der Waals surface area contributed by atoms with Crippen molar-refractivity contribution < 1.29 is 41.1 Å². The number of methoxy groups -OCH3 is 4. The van der Waals surface area contributed by atoms with Crippen LogP contribution in [0.15, 0.2) is 66.7 Å². The van der Waals surface area contributed by atoms with E-state index < -0.39 is 10.1 Å². The van der Waals surface area contributed by atoms with Crippen LogP contribution in [0, 0.1) is 6.92 Å². The van der Waals surface area contributed by atoms with Crippen LogP contribution in [0.1, 0.15) is 21.5 Å². The number of hydrogen-bond acceptors (Lipinski definition) is 9. The number of aldehydes is 1. The highest BCUT2D eigenvalue weighted by atomic mass is 32.2. The summed E-state index contributed by atoms with van der Waals surface area (Å²) in [5, 5.41) is 0. The van der Waals surface area contributed by atoms with Crippen LogP contribution >= 0.6 is 0 Å². The SMILES string of the molecule is COc1cc(-c2c(OC)cc(-c3ccc(OS(C)(=O)=O)cc3)c(OC)c2C=O)c(OC)cc1OCc1ccc(C)cc1. The Balaban J connectivity index is 1.82. The van der Waals surface area contributed by atoms with Gasteiger partial charge in [0.05, 0.1) is 40.3 Å². The van der Waals surface area contributed by atoms with Crippen molar-refractivity contribution in [2.24, 2.45) is 0 Å². The van der Waals surface area contributed by atoms with E-state index in [4.69, 9.17) is 27.9 Å². The summed E-state index contributed by atoms with van der Waals surface area (Å²) in [5.74, 6) is 2.14. The summed E-state index contributed by atoms with van der Waals surface area (Å²) in [6, 6.07) is 19.5. The number of carbonyl (C=O) groups excluding carboxylic acids is 1. The van der Waals surface area contributed by atoms with Crippen LogP contribution in [0.2, 0.25) is 0 Å². The lowest BCUT2D eigenvalue weighted by Gasteiger charge is -2.21. The van der Waals surface area contributed by atoms with Crippen LogP contribution in [-0.2, 0) is 16.7 Å². The first kappa shape index (κ1) is 30.3. The van der Waals surface area contributed by atoms with Gasteiger partial charge in [-0.15, -0.1) is 0 Å². The van der Waals surface area contributed by atoms with Gasteiger partial charge in [-0.1, -0.05) is 42.0 Å². The minimum atomic E-state index is -3.68. The van der Waals surface area contributed by atoms with E-state index in [2.05, 4.69) is 0 Å². The number of rotatable bonds is 12. The second-order valence-electron chi connectivity index (χ2n) is 9.36. The van der Waals surface area contributed by atoms with E-state index in [1.807, 2.05) is 31.2 Å². The fourth-order valence-electron chi connectivity index (χ4n) is 4.53. The molecular formula is C32H32O9S. The molecule has 0 aromatic heterocycles. The zero-order valence-electron chi connectivity index (χ0n) is 24.2. The van der Waals surface area contributed by atoms with E-state index in [1.54, 1.807) is 30.3 Å². The molecule has 0 bridgehead atoms. The molecule has 0 fully saturated rings. The molecule has 0 spiro atoms. The van der Waals surface area contributed by atoms with Gasteiger partial charge in [-0.05, 0) is 42.3 Å². The molecule has 4 rings (SSSR count). The Hall–Kier alpha value is -4.70. The molecule has 0 N–H and O–H groups in total.